The Morgan fingerprint density at radius 2 is 1.69 bits per heavy atom. The molecular formula is C33H23F2N3O4. The number of hydrogen-bond acceptors (Lipinski definition) is 5. The van der Waals surface area contributed by atoms with Crippen molar-refractivity contribution in [3.8, 4) is 28.3 Å². The van der Waals surface area contributed by atoms with Gasteiger partial charge < -0.3 is 9.84 Å². The number of halogens is 2. The highest BCUT2D eigenvalue weighted by Crippen LogP contribution is 2.35. The Morgan fingerprint density at radius 1 is 0.857 bits per heavy atom. The van der Waals surface area contributed by atoms with Crippen LogP contribution in [0.3, 0.4) is 0 Å². The molecule has 6 aromatic rings. The predicted molar refractivity (Wildman–Crippen MR) is 153 cm³/mol. The number of Topliss-reactive ketones (excluding diaryl/α,β-unsaturated/α-hetero) is 1. The standard InChI is InChI=1S/C33H23F2N3O4/c34-24-7-9-25(10-8-24)37-15-2-5-27(33(37)41)29(40)19-21-6-11-30(28(35)18-21)42-31-12-14-36-38-16-13-26(32(31)38)23-4-1-3-22(17-23)20-39/h1-18,39H,19-20H2. The van der Waals surface area contributed by atoms with Gasteiger partial charge >= 0.3 is 0 Å². The third-order valence-electron chi connectivity index (χ3n) is 6.87. The topological polar surface area (TPSA) is 85.8 Å². The molecule has 208 valence electrons. The summed E-state index contributed by atoms with van der Waals surface area (Å²) in [6.07, 6.45) is 4.60. The Labute approximate surface area is 238 Å². The summed E-state index contributed by atoms with van der Waals surface area (Å²) in [7, 11) is 0. The van der Waals surface area contributed by atoms with E-state index in [4.69, 9.17) is 4.74 Å². The molecule has 0 aliphatic rings. The fourth-order valence-corrected chi connectivity index (χ4v) is 4.82. The summed E-state index contributed by atoms with van der Waals surface area (Å²) in [5, 5.41) is 13.9. The largest absolute Gasteiger partial charge is 0.452 e. The maximum atomic E-state index is 15.3. The van der Waals surface area contributed by atoms with Gasteiger partial charge in [-0.3, -0.25) is 14.2 Å². The van der Waals surface area contributed by atoms with Gasteiger partial charge in [0.25, 0.3) is 5.56 Å². The molecule has 6 rings (SSSR count). The minimum absolute atomic E-state index is 0.0473. The number of nitrogens with zero attached hydrogens (tertiary/aromatic N) is 3. The lowest BCUT2D eigenvalue weighted by Crippen LogP contribution is -2.25. The van der Waals surface area contributed by atoms with E-state index in [1.807, 2.05) is 30.3 Å². The molecule has 7 nitrogen and oxygen atoms in total. The normalized spacial score (nSPS) is 11.1. The second kappa shape index (κ2) is 11.2. The van der Waals surface area contributed by atoms with Crippen LogP contribution in [0.5, 0.6) is 11.5 Å². The second-order valence-corrected chi connectivity index (χ2v) is 9.62. The number of hydrogen-bond donors (Lipinski definition) is 1. The fourth-order valence-electron chi connectivity index (χ4n) is 4.82. The van der Waals surface area contributed by atoms with Crippen LogP contribution in [0.1, 0.15) is 21.5 Å². The van der Waals surface area contributed by atoms with E-state index in [1.54, 1.807) is 35.1 Å². The molecule has 3 aromatic carbocycles. The van der Waals surface area contributed by atoms with Gasteiger partial charge in [0.2, 0.25) is 0 Å². The summed E-state index contributed by atoms with van der Waals surface area (Å²) in [5.74, 6) is -1.28. The molecule has 0 saturated heterocycles. The molecule has 0 unspecified atom stereocenters. The van der Waals surface area contributed by atoms with Crippen molar-refractivity contribution in [2.45, 2.75) is 13.0 Å². The summed E-state index contributed by atoms with van der Waals surface area (Å²) in [6.45, 7) is -0.101. The van der Waals surface area contributed by atoms with Gasteiger partial charge in [-0.1, -0.05) is 24.3 Å². The number of carbonyl (C=O) groups excluding carboxylic acids is 1. The Balaban J connectivity index is 1.25. The molecule has 9 heteroatoms. The zero-order chi connectivity index (χ0) is 29.2. The van der Waals surface area contributed by atoms with E-state index in [1.165, 1.54) is 53.2 Å². The first kappa shape index (κ1) is 26.8. The Morgan fingerprint density at radius 3 is 2.48 bits per heavy atom. The fraction of sp³-hybridized carbons (Fsp3) is 0.0606. The number of aliphatic hydroxyl groups excluding tert-OH is 1. The third-order valence-corrected chi connectivity index (χ3v) is 6.87. The van der Waals surface area contributed by atoms with Crippen molar-refractivity contribution in [3.63, 3.8) is 0 Å². The maximum Gasteiger partial charge on any atom is 0.265 e. The molecule has 0 aliphatic carbocycles. The number of pyridine rings is 1. The van der Waals surface area contributed by atoms with Crippen LogP contribution in [0.2, 0.25) is 0 Å². The highest BCUT2D eigenvalue weighted by molar-refractivity contribution is 5.97. The number of ether oxygens (including phenoxy) is 1. The summed E-state index contributed by atoms with van der Waals surface area (Å²) in [4.78, 5) is 26.0. The Kier molecular flexibility index (Phi) is 7.16. The first-order valence-electron chi connectivity index (χ1n) is 13.0. The number of aromatic nitrogens is 3. The zero-order valence-electron chi connectivity index (χ0n) is 22.1. The van der Waals surface area contributed by atoms with Gasteiger partial charge in [0, 0.05) is 36.1 Å². The molecule has 0 atom stereocenters. The van der Waals surface area contributed by atoms with Gasteiger partial charge in [0.15, 0.2) is 23.1 Å². The smallest absolute Gasteiger partial charge is 0.265 e. The van der Waals surface area contributed by atoms with Crippen molar-refractivity contribution in [1.29, 1.82) is 0 Å². The molecule has 0 aliphatic heterocycles. The van der Waals surface area contributed by atoms with E-state index in [0.717, 1.165) is 16.7 Å². The highest BCUT2D eigenvalue weighted by Gasteiger charge is 2.17. The quantitative estimate of drug-likeness (QED) is 0.225. The number of fused-ring (bicyclic) bond motifs is 1. The van der Waals surface area contributed by atoms with E-state index in [-0.39, 0.29) is 24.3 Å². The SMILES string of the molecule is O=C(Cc1ccc(Oc2ccnn3ccc(-c4cccc(CO)c4)c23)c(F)c1)c1cccn(-c2ccc(F)cc2)c1=O. The number of carbonyl (C=O) groups is 1. The minimum atomic E-state index is -0.678. The van der Waals surface area contributed by atoms with Crippen molar-refractivity contribution in [2.24, 2.45) is 0 Å². The second-order valence-electron chi connectivity index (χ2n) is 9.62. The molecule has 3 heterocycles. The van der Waals surface area contributed by atoms with E-state index in [9.17, 15) is 19.1 Å². The van der Waals surface area contributed by atoms with Crippen LogP contribution in [0.25, 0.3) is 22.3 Å². The summed E-state index contributed by atoms with van der Waals surface area (Å²) in [5.41, 5.74) is 3.18. The van der Waals surface area contributed by atoms with Crippen molar-refractivity contribution in [2.75, 3.05) is 0 Å². The molecule has 0 amide bonds. The van der Waals surface area contributed by atoms with Crippen LogP contribution in [0, 0.1) is 11.6 Å². The van der Waals surface area contributed by atoms with Crippen LogP contribution in [-0.4, -0.2) is 25.1 Å². The van der Waals surface area contributed by atoms with Gasteiger partial charge in [-0.25, -0.2) is 13.3 Å². The van der Waals surface area contributed by atoms with Gasteiger partial charge in [-0.05, 0) is 77.4 Å². The van der Waals surface area contributed by atoms with Crippen molar-refractivity contribution >= 4 is 11.3 Å². The summed E-state index contributed by atoms with van der Waals surface area (Å²) in [6, 6.07) is 23.4. The molecular weight excluding hydrogens is 540 g/mol. The van der Waals surface area contributed by atoms with Gasteiger partial charge in [-0.2, -0.15) is 5.10 Å². The molecule has 0 fully saturated rings. The average Bonchev–Trinajstić information content (AvgIpc) is 3.44. The number of ketones is 1. The number of aliphatic hydroxyl groups is 1. The van der Waals surface area contributed by atoms with Crippen LogP contribution in [-0.2, 0) is 13.0 Å². The molecule has 42 heavy (non-hydrogen) atoms. The zero-order valence-corrected chi connectivity index (χ0v) is 22.1. The number of benzene rings is 3. The molecule has 0 bridgehead atoms. The van der Waals surface area contributed by atoms with Crippen molar-refractivity contribution in [1.82, 2.24) is 14.2 Å². The molecule has 0 radical (unpaired) electrons. The van der Waals surface area contributed by atoms with Crippen LogP contribution in [0.4, 0.5) is 8.78 Å². The summed E-state index contributed by atoms with van der Waals surface area (Å²) >= 11 is 0. The summed E-state index contributed by atoms with van der Waals surface area (Å²) < 4.78 is 37.4. The average molecular weight is 564 g/mol. The van der Waals surface area contributed by atoms with E-state index < -0.39 is 23.0 Å². The predicted octanol–water partition coefficient (Wildman–Crippen LogP) is 6.14. The van der Waals surface area contributed by atoms with Crippen LogP contribution < -0.4 is 10.3 Å². The minimum Gasteiger partial charge on any atom is -0.452 e. The van der Waals surface area contributed by atoms with Crippen LogP contribution >= 0.6 is 0 Å². The molecule has 1 N–H and O–H groups in total. The van der Waals surface area contributed by atoms with E-state index >= 15 is 4.39 Å². The van der Waals surface area contributed by atoms with Gasteiger partial charge in [0.1, 0.15) is 11.3 Å². The molecule has 0 spiro atoms. The molecule has 0 saturated carbocycles. The van der Waals surface area contributed by atoms with E-state index in [2.05, 4.69) is 5.10 Å². The lowest BCUT2D eigenvalue weighted by atomic mass is 10.0. The first-order valence-corrected chi connectivity index (χ1v) is 13.0. The highest BCUT2D eigenvalue weighted by atomic mass is 19.1. The van der Waals surface area contributed by atoms with Gasteiger partial charge in [-0.15, -0.1) is 0 Å². The van der Waals surface area contributed by atoms with Crippen molar-refractivity contribution in [3.05, 3.63) is 148 Å². The monoisotopic (exact) mass is 563 g/mol. The van der Waals surface area contributed by atoms with E-state index in [0.29, 0.717) is 22.5 Å². The Bertz CT molecular complexity index is 2000. The van der Waals surface area contributed by atoms with Crippen LogP contribution in [0.15, 0.2) is 114 Å². The Hall–Kier alpha value is -5.41. The first-order chi connectivity index (χ1) is 20.4. The number of rotatable bonds is 8. The maximum absolute atomic E-state index is 15.3. The van der Waals surface area contributed by atoms with Gasteiger partial charge in [0.05, 0.1) is 18.4 Å². The van der Waals surface area contributed by atoms with Crippen molar-refractivity contribution < 1.29 is 23.4 Å². The lowest BCUT2D eigenvalue weighted by Gasteiger charge is -2.11. The molecule has 3 aromatic heterocycles. The lowest BCUT2D eigenvalue weighted by molar-refractivity contribution is 0.0991. The third kappa shape index (κ3) is 5.21.